The highest BCUT2D eigenvalue weighted by atomic mass is 32.2. The van der Waals surface area contributed by atoms with E-state index in [1.165, 1.54) is 11.8 Å². The second-order valence-electron chi connectivity index (χ2n) is 8.07. The number of likely N-dealkylation sites (N-methyl/N-ethyl adjacent to an activating group) is 2. The molecule has 3 rings (SSSR count). The number of hydrogen-bond donors (Lipinski definition) is 3. The molecule has 8 nitrogen and oxygen atoms in total. The monoisotopic (exact) mass is 432 g/mol. The molecule has 0 saturated carbocycles. The summed E-state index contributed by atoms with van der Waals surface area (Å²) in [5.41, 5.74) is 7.63. The third-order valence-corrected chi connectivity index (χ3v) is 5.58. The number of sulfonamides is 1. The molecule has 2 aromatic rings. The zero-order chi connectivity index (χ0) is 21.9. The number of aromatic nitrogens is 1. The molecule has 0 spiro atoms. The molecule has 0 fully saturated rings. The lowest BCUT2D eigenvalue weighted by molar-refractivity contribution is 0.328. The standard InChI is InChI=1S/C21H32N6O2S/c1-15(2)27-21-18(13-23-27)20(25-30(5,28)29)12-19(24-21)17-8-6-7-16(11-17)14-26(4)10-9-22-3/h6-8,11-12,15,22-23H,9-10,13-14H2,1-5H3,(H,24,25). The zero-order valence-corrected chi connectivity index (χ0v) is 19.2. The van der Waals surface area contributed by atoms with Crippen LogP contribution in [0.2, 0.25) is 0 Å². The fourth-order valence-electron chi connectivity index (χ4n) is 3.56. The topological polar surface area (TPSA) is 89.6 Å². The summed E-state index contributed by atoms with van der Waals surface area (Å²) in [6.07, 6.45) is 1.17. The van der Waals surface area contributed by atoms with Crippen LogP contribution >= 0.6 is 0 Å². The Bertz CT molecular complexity index is 993. The van der Waals surface area contributed by atoms with Gasteiger partial charge in [0.05, 0.1) is 17.6 Å². The average molecular weight is 433 g/mol. The third kappa shape index (κ3) is 5.48. The number of hydrazine groups is 1. The minimum absolute atomic E-state index is 0.187. The van der Waals surface area contributed by atoms with E-state index in [1.54, 1.807) is 0 Å². The van der Waals surface area contributed by atoms with Crippen LogP contribution in [-0.2, 0) is 23.1 Å². The number of benzene rings is 1. The van der Waals surface area contributed by atoms with Crippen molar-refractivity contribution >= 4 is 21.5 Å². The summed E-state index contributed by atoms with van der Waals surface area (Å²) >= 11 is 0. The fourth-order valence-corrected chi connectivity index (χ4v) is 4.14. The SMILES string of the molecule is CNCCN(C)Cc1cccc(-c2cc(NS(C)(=O)=O)c3c(n2)N(C(C)C)NC3)c1. The second kappa shape index (κ2) is 9.30. The number of nitrogens with zero attached hydrogens (tertiary/aromatic N) is 3. The maximum atomic E-state index is 11.9. The van der Waals surface area contributed by atoms with Crippen molar-refractivity contribution in [1.82, 2.24) is 20.6 Å². The molecule has 0 bridgehead atoms. The van der Waals surface area contributed by atoms with Crippen molar-refractivity contribution in [1.29, 1.82) is 0 Å². The van der Waals surface area contributed by atoms with Gasteiger partial charge in [-0.2, -0.15) is 0 Å². The predicted molar refractivity (Wildman–Crippen MR) is 123 cm³/mol. The van der Waals surface area contributed by atoms with Crippen molar-refractivity contribution < 1.29 is 8.42 Å². The smallest absolute Gasteiger partial charge is 0.229 e. The summed E-state index contributed by atoms with van der Waals surface area (Å²) in [5, 5.41) is 5.15. The van der Waals surface area contributed by atoms with Crippen molar-refractivity contribution in [3.8, 4) is 11.3 Å². The van der Waals surface area contributed by atoms with Crippen LogP contribution in [-0.4, -0.2) is 57.8 Å². The van der Waals surface area contributed by atoms with Crippen LogP contribution in [0, 0.1) is 0 Å². The van der Waals surface area contributed by atoms with Crippen LogP contribution in [0.15, 0.2) is 30.3 Å². The number of rotatable bonds is 9. The van der Waals surface area contributed by atoms with Crippen molar-refractivity contribution in [3.05, 3.63) is 41.5 Å². The van der Waals surface area contributed by atoms with Crippen molar-refractivity contribution in [2.45, 2.75) is 33.0 Å². The second-order valence-corrected chi connectivity index (χ2v) is 9.82. The molecule has 1 aliphatic heterocycles. The maximum absolute atomic E-state index is 11.9. The van der Waals surface area contributed by atoms with Gasteiger partial charge in [-0.05, 0) is 45.6 Å². The van der Waals surface area contributed by atoms with Gasteiger partial charge in [0, 0.05) is 43.3 Å². The Hall–Kier alpha value is -2.20. The molecule has 30 heavy (non-hydrogen) atoms. The summed E-state index contributed by atoms with van der Waals surface area (Å²) < 4.78 is 26.6. The highest BCUT2D eigenvalue weighted by Crippen LogP contribution is 2.35. The van der Waals surface area contributed by atoms with Gasteiger partial charge in [0.15, 0.2) is 0 Å². The Morgan fingerprint density at radius 2 is 2.07 bits per heavy atom. The number of nitrogens with one attached hydrogen (secondary N) is 3. The largest absolute Gasteiger partial charge is 0.318 e. The number of fused-ring (bicyclic) bond motifs is 1. The Labute approximate surface area is 179 Å². The molecule has 1 aromatic heterocycles. The Morgan fingerprint density at radius 1 is 1.30 bits per heavy atom. The molecule has 2 heterocycles. The zero-order valence-electron chi connectivity index (χ0n) is 18.4. The molecule has 0 atom stereocenters. The first-order chi connectivity index (χ1) is 14.2. The molecule has 1 aliphatic rings. The number of hydrogen-bond acceptors (Lipinski definition) is 7. The van der Waals surface area contributed by atoms with Gasteiger partial charge in [-0.25, -0.2) is 18.8 Å². The fraction of sp³-hybridized carbons (Fsp3) is 0.476. The lowest BCUT2D eigenvalue weighted by atomic mass is 10.1. The highest BCUT2D eigenvalue weighted by molar-refractivity contribution is 7.92. The minimum atomic E-state index is -3.41. The molecular formula is C21H32N6O2S. The molecular weight excluding hydrogens is 400 g/mol. The lowest BCUT2D eigenvalue weighted by Gasteiger charge is -2.23. The maximum Gasteiger partial charge on any atom is 0.229 e. The van der Waals surface area contributed by atoms with Gasteiger partial charge in [-0.1, -0.05) is 18.2 Å². The molecule has 0 aliphatic carbocycles. The molecule has 3 N–H and O–H groups in total. The molecule has 0 unspecified atom stereocenters. The van der Waals surface area contributed by atoms with E-state index in [0.29, 0.717) is 12.2 Å². The molecule has 1 aromatic carbocycles. The summed E-state index contributed by atoms with van der Waals surface area (Å²) in [5.74, 6) is 0.769. The van der Waals surface area contributed by atoms with Crippen LogP contribution in [0.3, 0.4) is 0 Å². The first-order valence-corrected chi connectivity index (χ1v) is 12.0. The predicted octanol–water partition coefficient (Wildman–Crippen LogP) is 2.00. The quantitative estimate of drug-likeness (QED) is 0.558. The van der Waals surface area contributed by atoms with E-state index < -0.39 is 10.0 Å². The Balaban J connectivity index is 1.99. The molecule has 0 amide bonds. The van der Waals surface area contributed by atoms with E-state index in [9.17, 15) is 8.42 Å². The highest BCUT2D eigenvalue weighted by Gasteiger charge is 2.27. The van der Waals surface area contributed by atoms with Crippen LogP contribution in [0.4, 0.5) is 11.5 Å². The van der Waals surface area contributed by atoms with Crippen molar-refractivity contribution in [2.75, 3.05) is 43.2 Å². The summed E-state index contributed by atoms with van der Waals surface area (Å²) in [4.78, 5) is 7.15. The average Bonchev–Trinajstić information content (AvgIpc) is 3.10. The normalized spacial score (nSPS) is 13.9. The van der Waals surface area contributed by atoms with Gasteiger partial charge < -0.3 is 10.2 Å². The van der Waals surface area contributed by atoms with Crippen molar-refractivity contribution in [2.24, 2.45) is 0 Å². The molecule has 9 heteroatoms. The van der Waals surface area contributed by atoms with Gasteiger partial charge in [-0.3, -0.25) is 9.73 Å². The van der Waals surface area contributed by atoms with Crippen LogP contribution in [0.1, 0.15) is 25.0 Å². The van der Waals surface area contributed by atoms with E-state index in [1.807, 2.05) is 30.3 Å². The molecule has 0 radical (unpaired) electrons. The van der Waals surface area contributed by atoms with E-state index in [4.69, 9.17) is 4.98 Å². The van der Waals surface area contributed by atoms with Gasteiger partial charge in [0.25, 0.3) is 0 Å². The van der Waals surface area contributed by atoms with Gasteiger partial charge in [0.1, 0.15) is 5.82 Å². The summed E-state index contributed by atoms with van der Waals surface area (Å²) in [6, 6.07) is 10.3. The van der Waals surface area contributed by atoms with Gasteiger partial charge in [-0.15, -0.1) is 0 Å². The van der Waals surface area contributed by atoms with Gasteiger partial charge in [0.2, 0.25) is 10.0 Å². The van der Waals surface area contributed by atoms with E-state index in [-0.39, 0.29) is 6.04 Å². The number of anilines is 2. The van der Waals surface area contributed by atoms with Crippen molar-refractivity contribution in [3.63, 3.8) is 0 Å². The Morgan fingerprint density at radius 3 is 2.73 bits per heavy atom. The summed E-state index contributed by atoms with van der Waals surface area (Å²) in [6.45, 7) is 7.39. The first kappa shape index (κ1) is 22.5. The lowest BCUT2D eigenvalue weighted by Crippen LogP contribution is -2.38. The molecule has 164 valence electrons. The van der Waals surface area contributed by atoms with Crippen LogP contribution in [0.25, 0.3) is 11.3 Å². The summed E-state index contributed by atoms with van der Waals surface area (Å²) in [7, 11) is 0.640. The van der Waals surface area contributed by atoms with Crippen LogP contribution < -0.4 is 20.5 Å². The third-order valence-electron chi connectivity index (χ3n) is 4.99. The number of pyridine rings is 1. The Kier molecular flexibility index (Phi) is 6.97. The first-order valence-electron chi connectivity index (χ1n) is 10.1. The van der Waals surface area contributed by atoms with Crippen LogP contribution in [0.5, 0.6) is 0 Å². The van der Waals surface area contributed by atoms with E-state index >= 15 is 0 Å². The molecule has 0 saturated heterocycles. The van der Waals surface area contributed by atoms with E-state index in [2.05, 4.69) is 53.4 Å². The van der Waals surface area contributed by atoms with E-state index in [0.717, 1.165) is 42.3 Å². The minimum Gasteiger partial charge on any atom is -0.318 e. The van der Waals surface area contributed by atoms with Gasteiger partial charge >= 0.3 is 0 Å².